The Morgan fingerprint density at radius 2 is 1.72 bits per heavy atom. The van der Waals surface area contributed by atoms with Gasteiger partial charge in [-0.1, -0.05) is 42.5 Å². The minimum Gasteiger partial charge on any atom is -0.326 e. The second-order valence-electron chi connectivity index (χ2n) is 8.65. The molecular formula is C25H25FN4O2. The molecule has 0 bridgehead atoms. The number of halogens is 1. The highest BCUT2D eigenvalue weighted by molar-refractivity contribution is 5.97. The monoisotopic (exact) mass is 432 g/mol. The van der Waals surface area contributed by atoms with E-state index in [9.17, 15) is 14.0 Å². The lowest BCUT2D eigenvalue weighted by atomic mass is 9.81. The van der Waals surface area contributed by atoms with Crippen molar-refractivity contribution in [2.24, 2.45) is 5.92 Å². The molecule has 0 aliphatic carbocycles. The van der Waals surface area contributed by atoms with E-state index < -0.39 is 18.0 Å². The quantitative estimate of drug-likeness (QED) is 0.563. The zero-order valence-corrected chi connectivity index (χ0v) is 18.1. The molecule has 1 aromatic heterocycles. The summed E-state index contributed by atoms with van der Waals surface area (Å²) in [7, 11) is 0. The molecule has 164 valence electrons. The molecule has 0 saturated carbocycles. The van der Waals surface area contributed by atoms with Crippen LogP contribution in [0.1, 0.15) is 60.1 Å². The molecular weight excluding hydrogens is 407 g/mol. The Morgan fingerprint density at radius 3 is 2.41 bits per heavy atom. The van der Waals surface area contributed by atoms with E-state index in [1.54, 1.807) is 23.3 Å². The van der Waals surface area contributed by atoms with Gasteiger partial charge in [0.05, 0.1) is 18.0 Å². The van der Waals surface area contributed by atoms with Gasteiger partial charge in [-0.25, -0.2) is 14.4 Å². The molecule has 0 spiro atoms. The fourth-order valence-electron chi connectivity index (χ4n) is 5.07. The summed E-state index contributed by atoms with van der Waals surface area (Å²) < 4.78 is 15.6. The average Bonchev–Trinajstić information content (AvgIpc) is 3.50. The van der Waals surface area contributed by atoms with E-state index in [2.05, 4.69) is 4.98 Å². The normalized spacial score (nSPS) is 23.2. The van der Waals surface area contributed by atoms with Crippen LogP contribution in [-0.2, 0) is 4.79 Å². The lowest BCUT2D eigenvalue weighted by Crippen LogP contribution is -2.35. The third kappa shape index (κ3) is 3.24. The summed E-state index contributed by atoms with van der Waals surface area (Å²) in [6.45, 7) is 4.53. The summed E-state index contributed by atoms with van der Waals surface area (Å²) in [6, 6.07) is 15.1. The third-order valence-corrected chi connectivity index (χ3v) is 6.45. The van der Waals surface area contributed by atoms with Crippen LogP contribution in [0, 0.1) is 11.7 Å². The number of rotatable bonds is 5. The van der Waals surface area contributed by atoms with Crippen molar-refractivity contribution >= 4 is 11.7 Å². The van der Waals surface area contributed by atoms with Crippen LogP contribution in [-0.4, -0.2) is 37.8 Å². The number of hydrazine groups is 1. The second-order valence-corrected chi connectivity index (χ2v) is 8.65. The molecule has 2 fully saturated rings. The molecule has 3 atom stereocenters. The van der Waals surface area contributed by atoms with Gasteiger partial charge in [-0.05, 0) is 37.1 Å². The topological polar surface area (TPSA) is 58.4 Å². The number of nitrogens with zero attached hydrogens (tertiary/aromatic N) is 4. The van der Waals surface area contributed by atoms with Gasteiger partial charge in [0.1, 0.15) is 5.82 Å². The maximum Gasteiger partial charge on any atom is 0.238 e. The summed E-state index contributed by atoms with van der Waals surface area (Å²) >= 11 is 0. The van der Waals surface area contributed by atoms with E-state index >= 15 is 0 Å². The summed E-state index contributed by atoms with van der Waals surface area (Å²) in [5.41, 5.74) is 1.71. The molecule has 1 amide bonds. The first-order chi connectivity index (χ1) is 15.5. The first kappa shape index (κ1) is 20.6. The van der Waals surface area contributed by atoms with E-state index in [4.69, 9.17) is 0 Å². The lowest BCUT2D eigenvalue weighted by molar-refractivity contribution is -0.138. The number of hydrogen-bond donors (Lipinski definition) is 0. The number of Topliss-reactive ketones (excluding diaryl/α,β-unsaturated/α-hetero) is 1. The molecule has 7 heteroatoms. The Balaban J connectivity index is 1.69. The maximum atomic E-state index is 14.1. The van der Waals surface area contributed by atoms with Crippen molar-refractivity contribution in [2.75, 3.05) is 6.54 Å². The van der Waals surface area contributed by atoms with Crippen molar-refractivity contribution in [3.8, 4) is 0 Å². The number of carbonyl (C=O) groups is 2. The van der Waals surface area contributed by atoms with Crippen LogP contribution in [0.3, 0.4) is 0 Å². The standard InChI is InChI=1S/C25H25FN4O2/c1-16(2)28-15-13-27-25(28)24(32)21-22(18-8-10-19(26)11-9-18)29-14-12-20(31)30(29)23(21)17-6-4-3-5-7-17/h3-11,13,15-16,21-23H,12,14H2,1-2H3/t21-,22+,23+/m1/s1. The molecule has 5 rings (SSSR count). The lowest BCUT2D eigenvalue weighted by Gasteiger charge is -2.27. The number of benzene rings is 2. The Morgan fingerprint density at radius 1 is 1.03 bits per heavy atom. The number of hydrogen-bond acceptors (Lipinski definition) is 4. The van der Waals surface area contributed by atoms with Crippen LogP contribution in [0.25, 0.3) is 0 Å². The highest BCUT2D eigenvalue weighted by atomic mass is 19.1. The molecule has 32 heavy (non-hydrogen) atoms. The molecule has 3 aromatic rings. The van der Waals surface area contributed by atoms with Crippen molar-refractivity contribution < 1.29 is 14.0 Å². The Kier molecular flexibility index (Phi) is 5.13. The van der Waals surface area contributed by atoms with Gasteiger partial charge in [0, 0.05) is 31.4 Å². The Bertz CT molecular complexity index is 1140. The van der Waals surface area contributed by atoms with Crippen LogP contribution in [0.15, 0.2) is 67.0 Å². The summed E-state index contributed by atoms with van der Waals surface area (Å²) in [5, 5.41) is 3.73. The fourth-order valence-corrected chi connectivity index (χ4v) is 5.07. The second kappa shape index (κ2) is 7.98. The summed E-state index contributed by atoms with van der Waals surface area (Å²) in [5.74, 6) is -0.652. The zero-order valence-electron chi connectivity index (χ0n) is 18.1. The number of aromatic nitrogens is 2. The van der Waals surface area contributed by atoms with Crippen LogP contribution in [0.4, 0.5) is 4.39 Å². The molecule has 3 heterocycles. The molecule has 0 N–H and O–H groups in total. The first-order valence-corrected chi connectivity index (χ1v) is 10.9. The largest absolute Gasteiger partial charge is 0.326 e. The molecule has 0 radical (unpaired) electrons. The molecule has 2 saturated heterocycles. The number of carbonyl (C=O) groups excluding carboxylic acids is 2. The van der Waals surface area contributed by atoms with Crippen molar-refractivity contribution in [2.45, 2.75) is 38.4 Å². The van der Waals surface area contributed by atoms with Crippen LogP contribution in [0.2, 0.25) is 0 Å². The van der Waals surface area contributed by atoms with Crippen molar-refractivity contribution in [1.29, 1.82) is 0 Å². The highest BCUT2D eigenvalue weighted by Crippen LogP contribution is 2.52. The number of ketones is 1. The number of amides is 1. The van der Waals surface area contributed by atoms with Gasteiger partial charge in [-0.15, -0.1) is 0 Å². The predicted molar refractivity (Wildman–Crippen MR) is 117 cm³/mol. The van der Waals surface area contributed by atoms with Crippen molar-refractivity contribution in [3.63, 3.8) is 0 Å². The minimum atomic E-state index is -0.577. The van der Waals surface area contributed by atoms with E-state index in [0.717, 1.165) is 11.1 Å². The van der Waals surface area contributed by atoms with Gasteiger partial charge in [-0.2, -0.15) is 0 Å². The fraction of sp³-hybridized carbons (Fsp3) is 0.320. The van der Waals surface area contributed by atoms with E-state index in [1.165, 1.54) is 12.1 Å². The van der Waals surface area contributed by atoms with Gasteiger partial charge in [0.15, 0.2) is 5.82 Å². The molecule has 0 unspecified atom stereocenters. The van der Waals surface area contributed by atoms with Gasteiger partial charge in [0.2, 0.25) is 11.7 Å². The van der Waals surface area contributed by atoms with Crippen LogP contribution >= 0.6 is 0 Å². The van der Waals surface area contributed by atoms with Crippen molar-refractivity contribution in [3.05, 3.63) is 89.8 Å². The van der Waals surface area contributed by atoms with E-state index in [-0.39, 0.29) is 23.5 Å². The van der Waals surface area contributed by atoms with Gasteiger partial charge in [-0.3, -0.25) is 14.6 Å². The Hall–Kier alpha value is -3.32. The van der Waals surface area contributed by atoms with Crippen molar-refractivity contribution in [1.82, 2.24) is 19.6 Å². The van der Waals surface area contributed by atoms with E-state index in [1.807, 2.05) is 60.0 Å². The SMILES string of the molecule is CC(C)n1ccnc1C(=O)[C@@H]1[C@H](c2ccc(F)cc2)N2CCC(=O)N2[C@H]1c1ccccc1. The Labute approximate surface area is 186 Å². The van der Waals surface area contributed by atoms with Gasteiger partial charge in [0.25, 0.3) is 0 Å². The molecule has 6 nitrogen and oxygen atoms in total. The summed E-state index contributed by atoms with van der Waals surface area (Å²) in [4.78, 5) is 31.5. The van der Waals surface area contributed by atoms with Crippen LogP contribution < -0.4 is 0 Å². The zero-order chi connectivity index (χ0) is 22.4. The number of fused-ring (bicyclic) bond motifs is 1. The molecule has 2 aliphatic rings. The van der Waals surface area contributed by atoms with Gasteiger partial charge >= 0.3 is 0 Å². The summed E-state index contributed by atoms with van der Waals surface area (Å²) in [6.07, 6.45) is 3.84. The first-order valence-electron chi connectivity index (χ1n) is 10.9. The molecule has 2 aromatic carbocycles. The van der Waals surface area contributed by atoms with E-state index in [0.29, 0.717) is 18.8 Å². The minimum absolute atomic E-state index is 0.00605. The highest BCUT2D eigenvalue weighted by Gasteiger charge is 2.56. The molecule has 2 aliphatic heterocycles. The average molecular weight is 432 g/mol. The predicted octanol–water partition coefficient (Wildman–Crippen LogP) is 4.35. The number of imidazole rings is 1. The third-order valence-electron chi connectivity index (χ3n) is 6.45. The van der Waals surface area contributed by atoms with Crippen LogP contribution in [0.5, 0.6) is 0 Å². The smallest absolute Gasteiger partial charge is 0.238 e. The van der Waals surface area contributed by atoms with Gasteiger partial charge < -0.3 is 4.57 Å². The maximum absolute atomic E-state index is 14.1.